The van der Waals surface area contributed by atoms with Gasteiger partial charge in [-0.25, -0.2) is 9.78 Å². The van der Waals surface area contributed by atoms with Crippen LogP contribution in [0.3, 0.4) is 0 Å². The van der Waals surface area contributed by atoms with Crippen LogP contribution in [0.4, 0.5) is 5.82 Å². The molecule has 1 saturated heterocycles. The molecule has 1 saturated carbocycles. The monoisotopic (exact) mass is 331 g/mol. The Morgan fingerprint density at radius 3 is 2.38 bits per heavy atom. The van der Waals surface area contributed by atoms with E-state index in [0.717, 1.165) is 31.7 Å². The first-order valence-electron chi connectivity index (χ1n) is 8.84. The highest BCUT2D eigenvalue weighted by Crippen LogP contribution is 2.30. The molecule has 1 amide bonds. The normalized spacial score (nSPS) is 19.5. The minimum Gasteiger partial charge on any atom is -0.480 e. The predicted octanol–water partition coefficient (Wildman–Crippen LogP) is 2.54. The number of carbonyl (C=O) groups excluding carboxylic acids is 1. The lowest BCUT2D eigenvalue weighted by Crippen LogP contribution is -2.44. The second-order valence-corrected chi connectivity index (χ2v) is 6.76. The van der Waals surface area contributed by atoms with Crippen LogP contribution in [0.25, 0.3) is 0 Å². The van der Waals surface area contributed by atoms with Gasteiger partial charge in [0.1, 0.15) is 11.9 Å². The lowest BCUT2D eigenvalue weighted by molar-refractivity contribution is -0.141. The van der Waals surface area contributed by atoms with Crippen molar-refractivity contribution in [2.24, 2.45) is 0 Å². The van der Waals surface area contributed by atoms with Gasteiger partial charge >= 0.3 is 5.97 Å². The number of pyridine rings is 1. The van der Waals surface area contributed by atoms with Crippen LogP contribution >= 0.6 is 0 Å². The number of amides is 1. The molecule has 2 heterocycles. The van der Waals surface area contributed by atoms with E-state index < -0.39 is 12.0 Å². The van der Waals surface area contributed by atoms with E-state index in [2.05, 4.69) is 9.88 Å². The first-order chi connectivity index (χ1) is 11.6. The van der Waals surface area contributed by atoms with Crippen LogP contribution in [-0.2, 0) is 4.79 Å². The van der Waals surface area contributed by atoms with Gasteiger partial charge in [0.15, 0.2) is 0 Å². The first-order valence-corrected chi connectivity index (χ1v) is 8.84. The smallest absolute Gasteiger partial charge is 0.326 e. The summed E-state index contributed by atoms with van der Waals surface area (Å²) in [4.78, 5) is 32.2. The molecule has 1 aliphatic carbocycles. The van der Waals surface area contributed by atoms with Crippen molar-refractivity contribution in [3.63, 3.8) is 0 Å². The van der Waals surface area contributed by atoms with E-state index in [1.54, 1.807) is 19.2 Å². The number of rotatable bonds is 5. The van der Waals surface area contributed by atoms with E-state index in [1.807, 2.05) is 6.07 Å². The van der Waals surface area contributed by atoms with E-state index in [-0.39, 0.29) is 11.9 Å². The predicted molar refractivity (Wildman–Crippen MR) is 91.2 cm³/mol. The van der Waals surface area contributed by atoms with Crippen molar-refractivity contribution < 1.29 is 14.7 Å². The Balaban J connectivity index is 1.74. The second-order valence-electron chi connectivity index (χ2n) is 6.76. The van der Waals surface area contributed by atoms with Gasteiger partial charge in [-0.3, -0.25) is 4.79 Å². The van der Waals surface area contributed by atoms with Crippen LogP contribution in [-0.4, -0.2) is 52.0 Å². The Bertz CT molecular complexity index is 590. The number of aromatic nitrogens is 1. The molecule has 0 aromatic carbocycles. The van der Waals surface area contributed by atoms with Crippen LogP contribution in [0.5, 0.6) is 0 Å². The third-order valence-electron chi connectivity index (χ3n) is 4.87. The number of aliphatic carboxylic acids is 1. The molecule has 130 valence electrons. The van der Waals surface area contributed by atoms with E-state index in [4.69, 9.17) is 0 Å². The molecule has 1 unspecified atom stereocenters. The van der Waals surface area contributed by atoms with Crippen LogP contribution in [0, 0.1) is 0 Å². The third-order valence-corrected chi connectivity index (χ3v) is 4.87. The molecule has 1 atom stereocenters. The van der Waals surface area contributed by atoms with Gasteiger partial charge < -0.3 is 14.9 Å². The molecule has 2 fully saturated rings. The Morgan fingerprint density at radius 1 is 1.21 bits per heavy atom. The average molecular weight is 331 g/mol. The molecule has 0 radical (unpaired) electrons. The van der Waals surface area contributed by atoms with Gasteiger partial charge in [0, 0.05) is 25.3 Å². The summed E-state index contributed by atoms with van der Waals surface area (Å²) in [6.07, 6.45) is 8.21. The number of hydrogen-bond donors (Lipinski definition) is 1. The molecule has 3 rings (SSSR count). The number of carbonyl (C=O) groups is 2. The quantitative estimate of drug-likeness (QED) is 0.897. The van der Waals surface area contributed by atoms with Gasteiger partial charge in [0.05, 0.1) is 5.56 Å². The van der Waals surface area contributed by atoms with Crippen molar-refractivity contribution in [1.82, 2.24) is 9.88 Å². The Kier molecular flexibility index (Phi) is 5.02. The zero-order valence-electron chi connectivity index (χ0n) is 14.1. The van der Waals surface area contributed by atoms with E-state index in [1.165, 1.54) is 30.6 Å². The van der Waals surface area contributed by atoms with Gasteiger partial charge in [0.25, 0.3) is 5.91 Å². The number of nitrogens with zero attached hydrogens (tertiary/aromatic N) is 3. The van der Waals surface area contributed by atoms with Crippen molar-refractivity contribution in [2.45, 2.75) is 57.5 Å². The molecule has 1 aromatic rings. The standard InChI is InChI=1S/C18H25N3O3/c1-13(18(23)24)21(15-7-8-15)17(22)14-6-9-16(19-12-14)20-10-4-2-3-5-11-20/h6,9,12-13,15H,2-5,7-8,10-11H2,1H3,(H,23,24). The Hall–Kier alpha value is -2.11. The maximum Gasteiger partial charge on any atom is 0.326 e. The van der Waals surface area contributed by atoms with Gasteiger partial charge in [-0.15, -0.1) is 0 Å². The molecule has 24 heavy (non-hydrogen) atoms. The van der Waals surface area contributed by atoms with Crippen molar-refractivity contribution in [3.05, 3.63) is 23.9 Å². The van der Waals surface area contributed by atoms with E-state index in [0.29, 0.717) is 5.56 Å². The minimum atomic E-state index is -0.968. The number of hydrogen-bond acceptors (Lipinski definition) is 4. The molecule has 6 heteroatoms. The van der Waals surface area contributed by atoms with E-state index in [9.17, 15) is 14.7 Å². The van der Waals surface area contributed by atoms with Gasteiger partial charge in [-0.2, -0.15) is 0 Å². The minimum absolute atomic E-state index is 0.0499. The lowest BCUT2D eigenvalue weighted by atomic mass is 10.2. The summed E-state index contributed by atoms with van der Waals surface area (Å²) < 4.78 is 0. The number of carboxylic acid groups (broad SMARTS) is 1. The topological polar surface area (TPSA) is 73.7 Å². The number of carboxylic acids is 1. The fourth-order valence-corrected chi connectivity index (χ4v) is 3.28. The van der Waals surface area contributed by atoms with Gasteiger partial charge in [-0.1, -0.05) is 12.8 Å². The van der Waals surface area contributed by atoms with Crippen LogP contribution in [0.2, 0.25) is 0 Å². The highest BCUT2D eigenvalue weighted by atomic mass is 16.4. The maximum atomic E-state index is 12.7. The van der Waals surface area contributed by atoms with Gasteiger partial charge in [-0.05, 0) is 44.7 Å². The Labute approximate surface area is 142 Å². The molecular formula is C18H25N3O3. The molecule has 2 aliphatic rings. The molecule has 6 nitrogen and oxygen atoms in total. The van der Waals surface area contributed by atoms with Crippen molar-refractivity contribution >= 4 is 17.7 Å². The second kappa shape index (κ2) is 7.20. The maximum absolute atomic E-state index is 12.7. The summed E-state index contributed by atoms with van der Waals surface area (Å²) in [5.41, 5.74) is 0.466. The van der Waals surface area contributed by atoms with E-state index >= 15 is 0 Å². The zero-order valence-corrected chi connectivity index (χ0v) is 14.1. The van der Waals surface area contributed by atoms with Crippen molar-refractivity contribution in [2.75, 3.05) is 18.0 Å². The summed E-state index contributed by atoms with van der Waals surface area (Å²) >= 11 is 0. The Morgan fingerprint density at radius 2 is 1.88 bits per heavy atom. The van der Waals surface area contributed by atoms with Crippen molar-refractivity contribution in [1.29, 1.82) is 0 Å². The van der Waals surface area contributed by atoms with Crippen LogP contribution in [0.1, 0.15) is 55.8 Å². The summed E-state index contributed by atoms with van der Waals surface area (Å²) in [6, 6.07) is 2.90. The van der Waals surface area contributed by atoms with Crippen LogP contribution < -0.4 is 4.90 Å². The molecule has 0 spiro atoms. The highest BCUT2D eigenvalue weighted by molar-refractivity contribution is 5.96. The SMILES string of the molecule is CC(C(=O)O)N(C(=O)c1ccc(N2CCCCCC2)nc1)C1CC1. The van der Waals surface area contributed by atoms with Crippen molar-refractivity contribution in [3.8, 4) is 0 Å². The third kappa shape index (κ3) is 3.68. The fourth-order valence-electron chi connectivity index (χ4n) is 3.28. The molecule has 1 N–H and O–H groups in total. The number of anilines is 1. The lowest BCUT2D eigenvalue weighted by Gasteiger charge is -2.27. The summed E-state index contributed by atoms with van der Waals surface area (Å²) in [7, 11) is 0. The first kappa shape index (κ1) is 16.7. The fraction of sp³-hybridized carbons (Fsp3) is 0.611. The van der Waals surface area contributed by atoms with Gasteiger partial charge in [0.2, 0.25) is 0 Å². The summed E-state index contributed by atoms with van der Waals surface area (Å²) in [6.45, 7) is 3.58. The molecular weight excluding hydrogens is 306 g/mol. The molecule has 0 bridgehead atoms. The zero-order chi connectivity index (χ0) is 17.1. The molecule has 1 aliphatic heterocycles. The average Bonchev–Trinajstić information content (AvgIpc) is 3.42. The molecule has 1 aromatic heterocycles. The largest absolute Gasteiger partial charge is 0.480 e. The van der Waals surface area contributed by atoms with Crippen LogP contribution in [0.15, 0.2) is 18.3 Å². The highest BCUT2D eigenvalue weighted by Gasteiger charge is 2.38. The summed E-state index contributed by atoms with van der Waals surface area (Å²) in [5, 5.41) is 9.25. The summed E-state index contributed by atoms with van der Waals surface area (Å²) in [5.74, 6) is -0.301.